The van der Waals surface area contributed by atoms with Gasteiger partial charge < -0.3 is 36.0 Å². The van der Waals surface area contributed by atoms with Crippen molar-refractivity contribution in [3.05, 3.63) is 45.4 Å². The van der Waals surface area contributed by atoms with Crippen LogP contribution in [0.25, 0.3) is 0 Å². The molecule has 5 atom stereocenters. The third-order valence-electron chi connectivity index (χ3n) is 8.98. The number of carbonyl (C=O) groups excluding carboxylic acids is 4. The molecule has 1 aromatic carbocycles. The lowest BCUT2D eigenvalue weighted by Crippen LogP contribution is -2.63. The maximum absolute atomic E-state index is 14.0. The normalized spacial score (nSPS) is 29.9. The quantitative estimate of drug-likeness (QED) is 0.329. The fourth-order valence-corrected chi connectivity index (χ4v) is 7.28. The Labute approximate surface area is 231 Å². The van der Waals surface area contributed by atoms with Crippen LogP contribution in [-0.2, 0) is 20.8 Å². The molecule has 12 nitrogen and oxygen atoms in total. The summed E-state index contributed by atoms with van der Waals surface area (Å²) < 4.78 is 0. The topological polar surface area (TPSA) is 185 Å². The number of rotatable bonds is 3. The van der Waals surface area contributed by atoms with Crippen LogP contribution in [-0.4, -0.2) is 100.0 Å². The predicted molar refractivity (Wildman–Crippen MR) is 143 cm³/mol. The molecule has 0 spiro atoms. The summed E-state index contributed by atoms with van der Waals surface area (Å²) in [7, 11) is 6.94. The lowest BCUT2D eigenvalue weighted by Gasteiger charge is -2.50. The van der Waals surface area contributed by atoms with Crippen molar-refractivity contribution in [1.82, 2.24) is 9.80 Å². The molecule has 0 saturated carbocycles. The third kappa shape index (κ3) is 3.55. The number of phenolic OH excluding ortho intramolecular Hbond substituents is 1. The first-order chi connectivity index (χ1) is 18.6. The number of anilines is 1. The Kier molecular flexibility index (Phi) is 6.36. The summed E-state index contributed by atoms with van der Waals surface area (Å²) in [5.74, 6) is -7.27. The van der Waals surface area contributed by atoms with Crippen molar-refractivity contribution in [2.75, 3.05) is 39.6 Å². The van der Waals surface area contributed by atoms with Crippen molar-refractivity contribution in [1.29, 1.82) is 0 Å². The number of carbonyl (C=O) groups is 4. The lowest BCUT2D eigenvalue weighted by molar-refractivity contribution is -0.148. The molecule has 6 N–H and O–H groups in total. The summed E-state index contributed by atoms with van der Waals surface area (Å²) in [6.45, 7) is 1.84. The van der Waals surface area contributed by atoms with Crippen molar-refractivity contribution in [3.63, 3.8) is 0 Å². The molecule has 4 aliphatic rings. The smallest absolute Gasteiger partial charge is 0.255 e. The second-order valence-electron chi connectivity index (χ2n) is 11.6. The molecule has 1 heterocycles. The number of primary amides is 1. The Morgan fingerprint density at radius 3 is 2.30 bits per heavy atom. The van der Waals surface area contributed by atoms with Crippen LogP contribution in [0, 0.1) is 11.8 Å². The van der Waals surface area contributed by atoms with Crippen molar-refractivity contribution >= 4 is 29.1 Å². The first-order valence-electron chi connectivity index (χ1n) is 13.1. The van der Waals surface area contributed by atoms with Crippen molar-refractivity contribution in [3.8, 4) is 5.75 Å². The van der Waals surface area contributed by atoms with E-state index in [4.69, 9.17) is 5.73 Å². The molecule has 5 rings (SSSR count). The third-order valence-corrected chi connectivity index (χ3v) is 8.98. The number of aromatic hydroxyl groups is 1. The summed E-state index contributed by atoms with van der Waals surface area (Å²) in [5.41, 5.74) is 3.18. The fourth-order valence-electron chi connectivity index (χ4n) is 7.28. The minimum atomic E-state index is -2.70. The second-order valence-corrected chi connectivity index (χ2v) is 11.6. The molecule has 0 aromatic heterocycles. The van der Waals surface area contributed by atoms with E-state index in [-0.39, 0.29) is 41.7 Å². The van der Waals surface area contributed by atoms with E-state index in [1.54, 1.807) is 19.0 Å². The maximum atomic E-state index is 14.0. The Hall–Kier alpha value is -3.74. The molecule has 0 radical (unpaired) electrons. The van der Waals surface area contributed by atoms with Gasteiger partial charge in [0, 0.05) is 31.0 Å². The Balaban J connectivity index is 1.75. The predicted octanol–water partition coefficient (Wildman–Crippen LogP) is 0.480. The number of hydrogen-bond donors (Lipinski definition) is 5. The van der Waals surface area contributed by atoms with E-state index in [2.05, 4.69) is 0 Å². The Bertz CT molecular complexity index is 1440. The van der Waals surface area contributed by atoms with Crippen molar-refractivity contribution in [2.24, 2.45) is 17.6 Å². The van der Waals surface area contributed by atoms with Gasteiger partial charge in [0.25, 0.3) is 5.91 Å². The molecular weight excluding hydrogens is 520 g/mol. The molecule has 0 bridgehead atoms. The maximum Gasteiger partial charge on any atom is 0.255 e. The highest BCUT2D eigenvalue weighted by atomic mass is 16.3. The lowest BCUT2D eigenvalue weighted by atomic mass is 9.58. The molecule has 1 aromatic rings. The molecule has 1 unspecified atom stereocenters. The van der Waals surface area contributed by atoms with Crippen LogP contribution in [0.5, 0.6) is 5.75 Å². The monoisotopic (exact) mass is 554 g/mol. The summed E-state index contributed by atoms with van der Waals surface area (Å²) in [6.07, 6.45) is 0.721. The van der Waals surface area contributed by atoms with Crippen LogP contribution < -0.4 is 10.6 Å². The molecule has 2 amide bonds. The number of ketones is 2. The number of aliphatic hydroxyl groups is 3. The van der Waals surface area contributed by atoms with E-state index in [0.29, 0.717) is 29.8 Å². The number of nitrogens with two attached hydrogens (primary N) is 1. The number of hydrogen-bond acceptors (Lipinski definition) is 10. The first-order valence-corrected chi connectivity index (χ1v) is 13.1. The van der Waals surface area contributed by atoms with E-state index in [1.807, 2.05) is 19.0 Å². The summed E-state index contributed by atoms with van der Waals surface area (Å²) >= 11 is 0. The van der Waals surface area contributed by atoms with Crippen molar-refractivity contribution < 1.29 is 39.6 Å². The first kappa shape index (κ1) is 27.8. The molecular formula is C28H34N4O8. The van der Waals surface area contributed by atoms with Gasteiger partial charge in [-0.3, -0.25) is 24.1 Å². The molecule has 12 heteroatoms. The fraction of sp³-hybridized carbons (Fsp3) is 0.500. The molecule has 0 saturated heterocycles. The average Bonchev–Trinajstić information content (AvgIpc) is 2.84. The zero-order valence-corrected chi connectivity index (χ0v) is 23.1. The van der Waals surface area contributed by atoms with E-state index in [9.17, 15) is 39.6 Å². The number of benzene rings is 1. The van der Waals surface area contributed by atoms with Crippen LogP contribution in [0.3, 0.4) is 0 Å². The summed E-state index contributed by atoms with van der Waals surface area (Å²) in [4.78, 5) is 57.3. The number of fused-ring (bicyclic) bond motifs is 5. The summed E-state index contributed by atoms with van der Waals surface area (Å²) in [5, 5.41) is 45.2. The minimum Gasteiger partial charge on any atom is -0.510 e. The van der Waals surface area contributed by atoms with E-state index in [0.717, 1.165) is 0 Å². The molecule has 3 aliphatic carbocycles. The molecule has 40 heavy (non-hydrogen) atoms. The molecule has 1 aliphatic heterocycles. The van der Waals surface area contributed by atoms with Crippen LogP contribution in [0.2, 0.25) is 0 Å². The number of Topliss-reactive ketones (excluding diaryl/α,β-unsaturated/α-hetero) is 2. The van der Waals surface area contributed by atoms with Crippen LogP contribution in [0.1, 0.15) is 47.3 Å². The highest BCUT2D eigenvalue weighted by molar-refractivity contribution is 6.25. The van der Waals surface area contributed by atoms with E-state index < -0.39 is 58.0 Å². The number of phenols is 1. The van der Waals surface area contributed by atoms with Gasteiger partial charge in [0.1, 0.15) is 22.8 Å². The van der Waals surface area contributed by atoms with Crippen LogP contribution in [0.4, 0.5) is 5.69 Å². The van der Waals surface area contributed by atoms with Gasteiger partial charge in [0.15, 0.2) is 11.4 Å². The Morgan fingerprint density at radius 1 is 1.10 bits per heavy atom. The van der Waals surface area contributed by atoms with Gasteiger partial charge in [-0.2, -0.15) is 0 Å². The highest BCUT2D eigenvalue weighted by Gasteiger charge is 2.63. The van der Waals surface area contributed by atoms with Gasteiger partial charge >= 0.3 is 0 Å². The minimum absolute atomic E-state index is 0.0205. The SMILES string of the molecule is CC(=O)N1CCC(N(C)C)c2cc(O)c3c(c21)C[C@@H]1C[C@@H]2[C@@H](N(C)C)C(O)=C(C(N)=O)C(=O)[C@@]2(O)C(O)=C1C3=O. The van der Waals surface area contributed by atoms with Gasteiger partial charge in [0.05, 0.1) is 17.3 Å². The van der Waals surface area contributed by atoms with Gasteiger partial charge in [-0.1, -0.05) is 0 Å². The standard InChI is InChI=1S/C28H34N4O8/c1-11(33)32-7-6-16(30(2)3)13-10-17(34)19-14(21(13)32)8-12-9-15-22(31(4)5)24(36)20(27(29)39)26(38)28(15,40)25(37)18(12)23(19)35/h10,12,15-16,22,34,36-37,40H,6-9H2,1-5H3,(H2,29,39)/t12-,15-,16?,22-,28+/m1/s1. The van der Waals surface area contributed by atoms with Gasteiger partial charge in [0.2, 0.25) is 11.7 Å². The van der Waals surface area contributed by atoms with E-state index in [1.165, 1.54) is 17.9 Å². The van der Waals surface area contributed by atoms with Gasteiger partial charge in [-0.05, 0) is 70.6 Å². The number of amides is 2. The zero-order valence-electron chi connectivity index (χ0n) is 23.1. The van der Waals surface area contributed by atoms with Gasteiger partial charge in [-0.15, -0.1) is 0 Å². The van der Waals surface area contributed by atoms with Gasteiger partial charge in [-0.25, -0.2) is 0 Å². The largest absolute Gasteiger partial charge is 0.510 e. The molecule has 0 fully saturated rings. The number of nitrogens with zero attached hydrogens (tertiary/aromatic N) is 3. The average molecular weight is 555 g/mol. The second kappa shape index (κ2) is 9.15. The van der Waals surface area contributed by atoms with Crippen LogP contribution >= 0.6 is 0 Å². The van der Waals surface area contributed by atoms with Crippen molar-refractivity contribution in [2.45, 2.75) is 43.9 Å². The summed E-state index contributed by atoms with van der Waals surface area (Å²) in [6, 6.07) is 0.265. The molecule has 214 valence electrons. The zero-order chi connectivity index (χ0) is 29.6. The Morgan fingerprint density at radius 2 is 1.75 bits per heavy atom. The van der Waals surface area contributed by atoms with Crippen LogP contribution in [0.15, 0.2) is 28.7 Å². The number of allylic oxidation sites excluding steroid dienone is 1. The van der Waals surface area contributed by atoms with E-state index >= 15 is 0 Å². The highest BCUT2D eigenvalue weighted by Crippen LogP contribution is 2.54. The number of likely N-dealkylation sites (N-methyl/N-ethyl adjacent to an activating group) is 1. The number of aliphatic hydroxyl groups excluding tert-OH is 2.